The first-order valence-corrected chi connectivity index (χ1v) is 6.33. The molecule has 0 spiro atoms. The average Bonchev–Trinajstić information content (AvgIpc) is 2.37. The maximum absolute atomic E-state index is 5.74. The van der Waals surface area contributed by atoms with Gasteiger partial charge in [0.15, 0.2) is 0 Å². The first-order valence-electron chi connectivity index (χ1n) is 6.33. The molecule has 1 rings (SSSR count). The van der Waals surface area contributed by atoms with Gasteiger partial charge in [-0.15, -0.1) is 0 Å². The molecule has 0 aromatic heterocycles. The summed E-state index contributed by atoms with van der Waals surface area (Å²) in [6, 6.07) is 0.174. The van der Waals surface area contributed by atoms with Crippen LogP contribution in [0.15, 0.2) is 0 Å². The van der Waals surface area contributed by atoms with E-state index in [4.69, 9.17) is 15.3 Å². The van der Waals surface area contributed by atoms with E-state index in [1.54, 1.807) is 7.11 Å². The van der Waals surface area contributed by atoms with Crippen LogP contribution in [-0.4, -0.2) is 32.0 Å². The second-order valence-corrected chi connectivity index (χ2v) is 4.60. The number of methoxy groups -OCH3 is 1. The second-order valence-electron chi connectivity index (χ2n) is 4.60. The molecule has 0 amide bonds. The van der Waals surface area contributed by atoms with Crippen molar-refractivity contribution in [3.8, 4) is 0 Å². The van der Waals surface area contributed by atoms with Gasteiger partial charge in [-0.2, -0.15) is 0 Å². The molecule has 96 valence electrons. The lowest BCUT2D eigenvalue weighted by Crippen LogP contribution is -2.59. The van der Waals surface area contributed by atoms with E-state index in [-0.39, 0.29) is 11.6 Å². The van der Waals surface area contributed by atoms with Gasteiger partial charge in [-0.1, -0.05) is 13.8 Å². The van der Waals surface area contributed by atoms with E-state index >= 15 is 0 Å². The van der Waals surface area contributed by atoms with Gasteiger partial charge in [0.1, 0.15) is 0 Å². The molecule has 1 aliphatic heterocycles. The van der Waals surface area contributed by atoms with Gasteiger partial charge in [0.05, 0.1) is 18.2 Å². The van der Waals surface area contributed by atoms with Crippen molar-refractivity contribution in [1.82, 2.24) is 5.43 Å². The summed E-state index contributed by atoms with van der Waals surface area (Å²) in [4.78, 5) is 0. The van der Waals surface area contributed by atoms with E-state index in [0.717, 1.165) is 32.5 Å². The van der Waals surface area contributed by atoms with Crippen molar-refractivity contribution in [2.75, 3.05) is 20.3 Å². The Bertz CT molecular complexity index is 181. The van der Waals surface area contributed by atoms with E-state index in [1.165, 1.54) is 6.42 Å². The summed E-state index contributed by atoms with van der Waals surface area (Å²) in [5.41, 5.74) is 2.79. The lowest BCUT2D eigenvalue weighted by atomic mass is 9.78. The molecule has 16 heavy (non-hydrogen) atoms. The van der Waals surface area contributed by atoms with E-state index in [2.05, 4.69) is 19.3 Å². The fourth-order valence-electron chi connectivity index (χ4n) is 2.85. The number of hydrogen-bond donors (Lipinski definition) is 2. The highest BCUT2D eigenvalue weighted by molar-refractivity contribution is 4.95. The second kappa shape index (κ2) is 6.55. The van der Waals surface area contributed by atoms with Gasteiger partial charge in [0.25, 0.3) is 0 Å². The fraction of sp³-hybridized carbons (Fsp3) is 1.00. The summed E-state index contributed by atoms with van der Waals surface area (Å²) in [6.45, 7) is 5.98. The molecule has 2 atom stereocenters. The minimum atomic E-state index is -0.167. The maximum atomic E-state index is 5.74. The fourth-order valence-corrected chi connectivity index (χ4v) is 2.85. The Labute approximate surface area is 98.8 Å². The Hall–Kier alpha value is -0.160. The highest BCUT2D eigenvalue weighted by Gasteiger charge is 2.40. The molecule has 1 aliphatic rings. The predicted octanol–water partition coefficient (Wildman–Crippen LogP) is 1.45. The normalized spacial score (nSPS) is 24.4. The van der Waals surface area contributed by atoms with Gasteiger partial charge in [-0.05, 0) is 25.7 Å². The summed E-state index contributed by atoms with van der Waals surface area (Å²) in [6.07, 6.45) is 4.22. The molecule has 1 heterocycles. The third kappa shape index (κ3) is 2.74. The van der Waals surface area contributed by atoms with E-state index < -0.39 is 0 Å². The van der Waals surface area contributed by atoms with Crippen molar-refractivity contribution in [3.63, 3.8) is 0 Å². The van der Waals surface area contributed by atoms with Crippen molar-refractivity contribution < 1.29 is 9.47 Å². The van der Waals surface area contributed by atoms with Crippen LogP contribution in [0.4, 0.5) is 0 Å². The summed E-state index contributed by atoms with van der Waals surface area (Å²) >= 11 is 0. The van der Waals surface area contributed by atoms with Gasteiger partial charge >= 0.3 is 0 Å². The first-order chi connectivity index (χ1) is 7.74. The molecule has 2 unspecified atom stereocenters. The number of hydrazine groups is 1. The van der Waals surface area contributed by atoms with Crippen molar-refractivity contribution in [1.29, 1.82) is 0 Å². The molecule has 0 bridgehead atoms. The Balaban J connectivity index is 2.76. The quantitative estimate of drug-likeness (QED) is 0.535. The van der Waals surface area contributed by atoms with Crippen LogP contribution in [0.25, 0.3) is 0 Å². The molecule has 1 fully saturated rings. The average molecular weight is 230 g/mol. The van der Waals surface area contributed by atoms with Gasteiger partial charge < -0.3 is 9.47 Å². The molecule has 0 aromatic carbocycles. The Morgan fingerprint density at radius 1 is 1.50 bits per heavy atom. The van der Waals surface area contributed by atoms with Crippen LogP contribution >= 0.6 is 0 Å². The van der Waals surface area contributed by atoms with Crippen LogP contribution < -0.4 is 11.3 Å². The smallest absolute Gasteiger partial charge is 0.0842 e. The minimum Gasteiger partial charge on any atom is -0.381 e. The van der Waals surface area contributed by atoms with E-state index in [1.807, 2.05) is 0 Å². The zero-order valence-corrected chi connectivity index (χ0v) is 10.8. The largest absolute Gasteiger partial charge is 0.381 e. The van der Waals surface area contributed by atoms with Crippen LogP contribution in [0.1, 0.15) is 39.5 Å². The Morgan fingerprint density at radius 2 is 2.19 bits per heavy atom. The van der Waals surface area contributed by atoms with Crippen molar-refractivity contribution >= 4 is 0 Å². The number of hydrogen-bond acceptors (Lipinski definition) is 4. The van der Waals surface area contributed by atoms with E-state index in [9.17, 15) is 0 Å². The highest BCUT2D eigenvalue weighted by atomic mass is 16.5. The molecular formula is C12H26N2O2. The monoisotopic (exact) mass is 230 g/mol. The third-order valence-corrected chi connectivity index (χ3v) is 4.02. The zero-order valence-electron chi connectivity index (χ0n) is 10.8. The third-order valence-electron chi connectivity index (χ3n) is 4.02. The van der Waals surface area contributed by atoms with Gasteiger partial charge in [0, 0.05) is 19.6 Å². The SMILES string of the molecule is CCC(CC)(OC)C(NN)C1CCCOC1. The van der Waals surface area contributed by atoms with Gasteiger partial charge in [-0.3, -0.25) is 11.3 Å². The molecule has 0 aromatic rings. The molecule has 4 nitrogen and oxygen atoms in total. The summed E-state index contributed by atoms with van der Waals surface area (Å²) in [5.74, 6) is 6.19. The molecule has 4 heteroatoms. The highest BCUT2D eigenvalue weighted by Crippen LogP contribution is 2.31. The number of nitrogens with two attached hydrogens (primary N) is 1. The van der Waals surface area contributed by atoms with Crippen LogP contribution in [0.5, 0.6) is 0 Å². The van der Waals surface area contributed by atoms with Gasteiger partial charge in [-0.25, -0.2) is 0 Å². The maximum Gasteiger partial charge on any atom is 0.0842 e. The molecular weight excluding hydrogens is 204 g/mol. The van der Waals surface area contributed by atoms with Crippen molar-refractivity contribution in [2.45, 2.75) is 51.2 Å². The summed E-state index contributed by atoms with van der Waals surface area (Å²) < 4.78 is 11.3. The van der Waals surface area contributed by atoms with Crippen LogP contribution in [0.2, 0.25) is 0 Å². The Morgan fingerprint density at radius 3 is 2.56 bits per heavy atom. The lowest BCUT2D eigenvalue weighted by molar-refractivity contribution is -0.0834. The molecule has 0 saturated carbocycles. The van der Waals surface area contributed by atoms with Crippen LogP contribution in [-0.2, 0) is 9.47 Å². The summed E-state index contributed by atoms with van der Waals surface area (Å²) in [5, 5.41) is 0. The lowest BCUT2D eigenvalue weighted by Gasteiger charge is -2.43. The minimum absolute atomic E-state index is 0.167. The first kappa shape index (κ1) is 13.9. The molecule has 0 radical (unpaired) electrons. The molecule has 3 N–H and O–H groups in total. The number of rotatable bonds is 6. The van der Waals surface area contributed by atoms with Crippen molar-refractivity contribution in [3.05, 3.63) is 0 Å². The number of ether oxygens (including phenoxy) is 2. The van der Waals surface area contributed by atoms with Crippen LogP contribution in [0.3, 0.4) is 0 Å². The molecule has 1 saturated heterocycles. The van der Waals surface area contributed by atoms with Gasteiger partial charge in [0.2, 0.25) is 0 Å². The predicted molar refractivity (Wildman–Crippen MR) is 65.0 cm³/mol. The van der Waals surface area contributed by atoms with E-state index in [0.29, 0.717) is 5.92 Å². The number of nitrogens with one attached hydrogen (secondary N) is 1. The topological polar surface area (TPSA) is 56.5 Å². The van der Waals surface area contributed by atoms with Crippen LogP contribution in [0, 0.1) is 5.92 Å². The Kier molecular flexibility index (Phi) is 5.69. The molecule has 0 aliphatic carbocycles. The standard InChI is InChI=1S/C12H26N2O2/c1-4-12(5-2,15-3)11(14-13)10-7-6-8-16-9-10/h10-11,14H,4-9,13H2,1-3H3. The summed E-state index contributed by atoms with van der Waals surface area (Å²) in [7, 11) is 1.78. The van der Waals surface area contributed by atoms with Crippen molar-refractivity contribution in [2.24, 2.45) is 11.8 Å². The zero-order chi connectivity index (χ0) is 12.0.